The lowest BCUT2D eigenvalue weighted by atomic mass is 10.2. The van der Waals surface area contributed by atoms with E-state index in [4.69, 9.17) is 0 Å². The summed E-state index contributed by atoms with van der Waals surface area (Å²) in [6.07, 6.45) is 3.38. The summed E-state index contributed by atoms with van der Waals surface area (Å²) in [6.45, 7) is -0.156. The minimum atomic E-state index is -0.403. The predicted octanol–water partition coefficient (Wildman–Crippen LogP) is 2.81. The highest BCUT2D eigenvalue weighted by molar-refractivity contribution is 9.10. The van der Waals surface area contributed by atoms with Gasteiger partial charge in [0.1, 0.15) is 0 Å². The fourth-order valence-electron chi connectivity index (χ4n) is 2.31. The number of hydrogen-bond donors (Lipinski definition) is 3. The second-order valence-electron chi connectivity index (χ2n) is 5.28. The standard InChI is InChI=1S/C18H15BrN4O2/c19-14-5-3-4-12(8-14)18(25)21-11-17(24)23-22-10-13-9-20-16-7-2-1-6-15(13)16/h1-10,20H,11H2,(H,21,25)(H,23,24)/b22-10-. The van der Waals surface area contributed by atoms with E-state index in [0.29, 0.717) is 5.56 Å². The Morgan fingerprint density at radius 2 is 2.00 bits per heavy atom. The topological polar surface area (TPSA) is 86.3 Å². The zero-order valence-corrected chi connectivity index (χ0v) is 14.7. The number of hydrazone groups is 1. The van der Waals surface area contributed by atoms with Gasteiger partial charge < -0.3 is 10.3 Å². The van der Waals surface area contributed by atoms with Crippen LogP contribution in [0.4, 0.5) is 0 Å². The number of nitrogens with one attached hydrogen (secondary N) is 3. The zero-order chi connectivity index (χ0) is 17.6. The highest BCUT2D eigenvalue weighted by atomic mass is 79.9. The van der Waals surface area contributed by atoms with Crippen LogP contribution in [0.15, 0.2) is 64.3 Å². The molecule has 25 heavy (non-hydrogen) atoms. The van der Waals surface area contributed by atoms with Gasteiger partial charge in [0.25, 0.3) is 11.8 Å². The molecule has 0 radical (unpaired) electrons. The lowest BCUT2D eigenvalue weighted by Crippen LogP contribution is -2.34. The summed E-state index contributed by atoms with van der Waals surface area (Å²) < 4.78 is 0.799. The Hall–Kier alpha value is -2.93. The molecular weight excluding hydrogens is 384 g/mol. The van der Waals surface area contributed by atoms with Crippen LogP contribution in [0.5, 0.6) is 0 Å². The van der Waals surface area contributed by atoms with Gasteiger partial charge in [0.15, 0.2) is 0 Å². The maximum absolute atomic E-state index is 12.0. The highest BCUT2D eigenvalue weighted by Gasteiger charge is 2.07. The maximum atomic E-state index is 12.0. The first-order chi connectivity index (χ1) is 12.1. The highest BCUT2D eigenvalue weighted by Crippen LogP contribution is 2.15. The molecule has 3 rings (SSSR count). The summed E-state index contributed by atoms with van der Waals surface area (Å²) in [7, 11) is 0. The van der Waals surface area contributed by atoms with Crippen LogP contribution in [0.3, 0.4) is 0 Å². The van der Waals surface area contributed by atoms with Crippen molar-refractivity contribution in [2.45, 2.75) is 0 Å². The number of rotatable bonds is 5. The average Bonchev–Trinajstić information content (AvgIpc) is 3.03. The Labute approximate surface area is 152 Å². The molecule has 6 nitrogen and oxygen atoms in total. The van der Waals surface area contributed by atoms with Gasteiger partial charge in [0, 0.05) is 32.7 Å². The second-order valence-corrected chi connectivity index (χ2v) is 6.19. The van der Waals surface area contributed by atoms with E-state index in [1.54, 1.807) is 24.4 Å². The lowest BCUT2D eigenvalue weighted by molar-refractivity contribution is -0.120. The Bertz CT molecular complexity index is 949. The molecule has 0 aliphatic rings. The number of H-pyrrole nitrogens is 1. The van der Waals surface area contributed by atoms with Crippen LogP contribution < -0.4 is 10.7 Å². The summed E-state index contributed by atoms with van der Waals surface area (Å²) >= 11 is 3.30. The van der Waals surface area contributed by atoms with Crippen molar-refractivity contribution >= 4 is 44.9 Å². The molecule has 2 aromatic carbocycles. The molecule has 1 aromatic heterocycles. The van der Waals surface area contributed by atoms with Crippen LogP contribution in [0.2, 0.25) is 0 Å². The molecule has 3 aromatic rings. The molecule has 0 bridgehead atoms. The summed E-state index contributed by atoms with van der Waals surface area (Å²) in [5.41, 5.74) is 4.74. The molecule has 3 N–H and O–H groups in total. The van der Waals surface area contributed by atoms with Crippen molar-refractivity contribution in [2.75, 3.05) is 6.54 Å². The third-order valence-corrected chi connectivity index (χ3v) is 4.00. The van der Waals surface area contributed by atoms with Gasteiger partial charge in [-0.25, -0.2) is 5.43 Å². The van der Waals surface area contributed by atoms with Crippen LogP contribution >= 0.6 is 15.9 Å². The third kappa shape index (κ3) is 4.33. The van der Waals surface area contributed by atoms with Crippen molar-refractivity contribution in [3.8, 4) is 0 Å². The molecule has 1 heterocycles. The van der Waals surface area contributed by atoms with Gasteiger partial charge in [0.05, 0.1) is 12.8 Å². The molecule has 0 saturated heterocycles. The molecule has 2 amide bonds. The fraction of sp³-hybridized carbons (Fsp3) is 0.0556. The van der Waals surface area contributed by atoms with Crippen LogP contribution in [0, 0.1) is 0 Å². The molecule has 0 fully saturated rings. The van der Waals surface area contributed by atoms with Crippen molar-refractivity contribution in [3.63, 3.8) is 0 Å². The molecule has 0 saturated carbocycles. The smallest absolute Gasteiger partial charge is 0.259 e. The summed E-state index contributed by atoms with van der Waals surface area (Å²) in [5, 5.41) is 7.49. The number of fused-ring (bicyclic) bond motifs is 1. The van der Waals surface area contributed by atoms with E-state index in [1.165, 1.54) is 0 Å². The maximum Gasteiger partial charge on any atom is 0.259 e. The van der Waals surface area contributed by atoms with Gasteiger partial charge in [0.2, 0.25) is 0 Å². The van der Waals surface area contributed by atoms with Gasteiger partial charge >= 0.3 is 0 Å². The quantitative estimate of drug-likeness (QED) is 0.455. The van der Waals surface area contributed by atoms with Gasteiger partial charge in [-0.3, -0.25) is 9.59 Å². The minimum absolute atomic E-state index is 0.156. The van der Waals surface area contributed by atoms with E-state index >= 15 is 0 Å². The number of nitrogens with zero attached hydrogens (tertiary/aromatic N) is 1. The average molecular weight is 399 g/mol. The lowest BCUT2D eigenvalue weighted by Gasteiger charge is -2.04. The number of amides is 2. The van der Waals surface area contributed by atoms with E-state index in [2.05, 4.69) is 36.8 Å². The summed E-state index contributed by atoms with van der Waals surface area (Å²) in [6, 6.07) is 14.7. The monoisotopic (exact) mass is 398 g/mol. The number of halogens is 1. The van der Waals surface area contributed by atoms with Crippen LogP contribution in [-0.2, 0) is 4.79 Å². The van der Waals surface area contributed by atoms with Crippen molar-refractivity contribution in [1.29, 1.82) is 0 Å². The number of benzene rings is 2. The first-order valence-electron chi connectivity index (χ1n) is 7.55. The van der Waals surface area contributed by atoms with E-state index in [0.717, 1.165) is 20.9 Å². The largest absolute Gasteiger partial charge is 0.361 e. The van der Waals surface area contributed by atoms with Crippen molar-refractivity contribution in [2.24, 2.45) is 5.10 Å². The number of hydrogen-bond acceptors (Lipinski definition) is 3. The van der Waals surface area contributed by atoms with E-state index < -0.39 is 5.91 Å². The van der Waals surface area contributed by atoms with Crippen molar-refractivity contribution < 1.29 is 9.59 Å². The molecule has 0 aliphatic carbocycles. The molecule has 7 heteroatoms. The van der Waals surface area contributed by atoms with Crippen LogP contribution in [0.25, 0.3) is 10.9 Å². The van der Waals surface area contributed by atoms with Crippen molar-refractivity contribution in [1.82, 2.24) is 15.7 Å². The predicted molar refractivity (Wildman–Crippen MR) is 101 cm³/mol. The van der Waals surface area contributed by atoms with Gasteiger partial charge in [-0.05, 0) is 24.3 Å². The van der Waals surface area contributed by atoms with Gasteiger partial charge in [-0.2, -0.15) is 5.10 Å². The normalized spacial score (nSPS) is 10.9. The number of para-hydroxylation sites is 1. The van der Waals surface area contributed by atoms with E-state index in [1.807, 2.05) is 36.5 Å². The summed E-state index contributed by atoms with van der Waals surface area (Å²) in [4.78, 5) is 26.9. The van der Waals surface area contributed by atoms with Crippen LogP contribution in [0.1, 0.15) is 15.9 Å². The third-order valence-electron chi connectivity index (χ3n) is 3.51. The SMILES string of the molecule is O=C(CNC(=O)c1cccc(Br)c1)N/N=C\c1c[nH]c2ccccc12. The van der Waals surface area contributed by atoms with Gasteiger partial charge in [-0.1, -0.05) is 40.2 Å². The van der Waals surface area contributed by atoms with E-state index in [9.17, 15) is 9.59 Å². The molecule has 0 atom stereocenters. The number of aromatic nitrogens is 1. The molecule has 126 valence electrons. The van der Waals surface area contributed by atoms with E-state index in [-0.39, 0.29) is 12.5 Å². The number of carbonyl (C=O) groups is 2. The second kappa shape index (κ2) is 7.76. The first-order valence-corrected chi connectivity index (χ1v) is 8.34. The minimum Gasteiger partial charge on any atom is -0.361 e. The molecule has 0 aliphatic heterocycles. The Morgan fingerprint density at radius 1 is 1.16 bits per heavy atom. The number of carbonyl (C=O) groups excluding carboxylic acids is 2. The molecule has 0 spiro atoms. The summed E-state index contributed by atoms with van der Waals surface area (Å²) in [5.74, 6) is -0.725. The Kier molecular flexibility index (Phi) is 5.25. The number of aromatic amines is 1. The fourth-order valence-corrected chi connectivity index (χ4v) is 2.71. The molecule has 0 unspecified atom stereocenters. The zero-order valence-electron chi connectivity index (χ0n) is 13.1. The Morgan fingerprint density at radius 3 is 2.84 bits per heavy atom. The van der Waals surface area contributed by atoms with Crippen molar-refractivity contribution in [3.05, 3.63) is 70.3 Å². The van der Waals surface area contributed by atoms with Gasteiger partial charge in [-0.15, -0.1) is 0 Å². The molecular formula is C18H15BrN4O2. The Balaban J connectivity index is 1.52. The van der Waals surface area contributed by atoms with Crippen LogP contribution in [-0.4, -0.2) is 29.6 Å². The first kappa shape index (κ1) is 16.9.